The maximum Gasteiger partial charge on any atom is 0.268 e. The number of nitrogens with zero attached hydrogens (tertiary/aromatic N) is 1. The van der Waals surface area contributed by atoms with Crippen LogP contribution in [0.15, 0.2) is 45.8 Å². The number of anilines is 1. The summed E-state index contributed by atoms with van der Waals surface area (Å²) in [6, 6.07) is 12.1. The monoisotopic (exact) mass is 404 g/mol. The number of carbonyl (C=O) groups excluding carboxylic acids is 1. The highest BCUT2D eigenvalue weighted by Gasteiger charge is 2.38. The quantitative estimate of drug-likeness (QED) is 0.775. The van der Waals surface area contributed by atoms with Crippen LogP contribution in [0.4, 0.5) is 5.69 Å². The third kappa shape index (κ3) is 2.62. The summed E-state index contributed by atoms with van der Waals surface area (Å²) in [4.78, 5) is 16.0. The fourth-order valence-electron chi connectivity index (χ4n) is 3.51. The molecular weight excluding hydrogens is 388 g/mol. The minimum Gasteiger partial charge on any atom is -0.480 e. The zero-order valence-corrected chi connectivity index (χ0v) is 15.6. The van der Waals surface area contributed by atoms with Gasteiger partial charge in [-0.1, -0.05) is 22.0 Å². The molecule has 2 atom stereocenters. The van der Waals surface area contributed by atoms with Crippen molar-refractivity contribution in [1.82, 2.24) is 0 Å². The van der Waals surface area contributed by atoms with Crippen molar-refractivity contribution in [2.24, 2.45) is 5.14 Å². The minimum atomic E-state index is -0.461. The second-order valence-corrected chi connectivity index (χ2v) is 7.86. The first-order valence-electron chi connectivity index (χ1n) is 7.84. The van der Waals surface area contributed by atoms with Gasteiger partial charge in [0, 0.05) is 27.5 Å². The molecule has 4 rings (SSSR count). The number of carbonyl (C=O) groups is 1. The van der Waals surface area contributed by atoms with Crippen LogP contribution in [0.25, 0.3) is 0 Å². The van der Waals surface area contributed by atoms with Crippen LogP contribution in [0.1, 0.15) is 18.1 Å². The van der Waals surface area contributed by atoms with E-state index in [-0.39, 0.29) is 11.9 Å². The Hall–Kier alpha value is -1.50. The number of rotatable bonds is 2. The smallest absolute Gasteiger partial charge is 0.268 e. The van der Waals surface area contributed by atoms with Crippen LogP contribution in [0.3, 0.4) is 0 Å². The topological polar surface area (TPSA) is 55.6 Å². The number of hydrogen-bond donors (Lipinski definition) is 1. The minimum absolute atomic E-state index is 0.0211. The van der Waals surface area contributed by atoms with Crippen LogP contribution in [-0.4, -0.2) is 18.1 Å². The molecule has 2 aromatic rings. The highest BCUT2D eigenvalue weighted by Crippen LogP contribution is 2.38. The molecule has 2 aliphatic rings. The van der Waals surface area contributed by atoms with Gasteiger partial charge in [0.1, 0.15) is 5.75 Å². The van der Waals surface area contributed by atoms with Crippen molar-refractivity contribution >= 4 is 39.5 Å². The summed E-state index contributed by atoms with van der Waals surface area (Å²) in [6.07, 6.45) is 1.01. The molecule has 2 heterocycles. The lowest BCUT2D eigenvalue weighted by atomic mass is 10.1. The van der Waals surface area contributed by atoms with E-state index in [9.17, 15) is 4.79 Å². The lowest BCUT2D eigenvalue weighted by Gasteiger charge is -2.25. The molecule has 6 heteroatoms. The van der Waals surface area contributed by atoms with Crippen molar-refractivity contribution in [2.45, 2.75) is 36.8 Å². The fourth-order valence-corrected chi connectivity index (χ4v) is 4.24. The van der Waals surface area contributed by atoms with E-state index in [1.54, 1.807) is 0 Å². The van der Waals surface area contributed by atoms with E-state index < -0.39 is 6.10 Å². The van der Waals surface area contributed by atoms with Crippen LogP contribution in [0, 0.1) is 0 Å². The van der Waals surface area contributed by atoms with Gasteiger partial charge in [0.15, 0.2) is 6.10 Å². The Bertz CT molecular complexity index is 827. The Morgan fingerprint density at radius 1 is 1.25 bits per heavy atom. The highest BCUT2D eigenvalue weighted by molar-refractivity contribution is 9.10. The van der Waals surface area contributed by atoms with Crippen molar-refractivity contribution < 1.29 is 9.53 Å². The van der Waals surface area contributed by atoms with Gasteiger partial charge in [0.2, 0.25) is 0 Å². The third-order valence-electron chi connectivity index (χ3n) is 4.62. The number of halogens is 1. The molecule has 2 N–H and O–H groups in total. The standard InChI is InChI=1S/C18H17BrN2O2S/c1-10-6-11-2-4-14(24-20)9-15(11)21(10)18(22)17-8-12-7-13(19)3-5-16(12)23-17/h2-5,7,9-10,17H,6,8,20H2,1H3. The summed E-state index contributed by atoms with van der Waals surface area (Å²) >= 11 is 4.67. The second-order valence-electron chi connectivity index (χ2n) is 6.23. The molecule has 0 spiro atoms. The van der Waals surface area contributed by atoms with E-state index in [2.05, 4.69) is 28.9 Å². The van der Waals surface area contributed by atoms with Crippen LogP contribution in [-0.2, 0) is 17.6 Å². The van der Waals surface area contributed by atoms with Gasteiger partial charge in [-0.25, -0.2) is 0 Å². The molecule has 124 valence electrons. The highest BCUT2D eigenvalue weighted by atomic mass is 79.9. The number of nitrogens with two attached hydrogens (primary N) is 1. The van der Waals surface area contributed by atoms with E-state index in [0.29, 0.717) is 6.42 Å². The number of ether oxygens (including phenoxy) is 1. The van der Waals surface area contributed by atoms with Gasteiger partial charge in [-0.2, -0.15) is 0 Å². The van der Waals surface area contributed by atoms with E-state index in [1.165, 1.54) is 17.5 Å². The molecule has 0 fully saturated rings. The SMILES string of the molecule is CC1Cc2ccc(SN)cc2N1C(=O)C1Cc2cc(Br)ccc2O1. The van der Waals surface area contributed by atoms with Crippen LogP contribution in [0.5, 0.6) is 5.75 Å². The Morgan fingerprint density at radius 2 is 2.08 bits per heavy atom. The summed E-state index contributed by atoms with van der Waals surface area (Å²) in [6.45, 7) is 2.08. The van der Waals surface area contributed by atoms with Crippen molar-refractivity contribution in [3.8, 4) is 5.75 Å². The zero-order valence-electron chi connectivity index (χ0n) is 13.2. The van der Waals surface area contributed by atoms with E-state index in [4.69, 9.17) is 9.88 Å². The maximum absolute atomic E-state index is 13.1. The first-order chi connectivity index (χ1) is 11.6. The number of hydrogen-bond acceptors (Lipinski definition) is 4. The average molecular weight is 405 g/mol. The Labute approximate surface area is 153 Å². The van der Waals surface area contributed by atoms with E-state index in [0.717, 1.165) is 32.8 Å². The summed E-state index contributed by atoms with van der Waals surface area (Å²) in [5, 5.41) is 5.68. The van der Waals surface area contributed by atoms with Crippen LogP contribution in [0.2, 0.25) is 0 Å². The summed E-state index contributed by atoms with van der Waals surface area (Å²) in [7, 11) is 0. The molecule has 0 aromatic heterocycles. The van der Waals surface area contributed by atoms with E-state index >= 15 is 0 Å². The molecule has 0 bridgehead atoms. The summed E-state index contributed by atoms with van der Waals surface area (Å²) < 4.78 is 6.92. The first-order valence-corrected chi connectivity index (χ1v) is 9.52. The van der Waals surface area contributed by atoms with Crippen LogP contribution < -0.4 is 14.8 Å². The van der Waals surface area contributed by atoms with Gasteiger partial charge >= 0.3 is 0 Å². The molecule has 1 amide bonds. The van der Waals surface area contributed by atoms with Gasteiger partial charge < -0.3 is 9.64 Å². The Balaban J connectivity index is 1.62. The molecule has 0 saturated heterocycles. The molecule has 2 unspecified atom stereocenters. The molecule has 0 radical (unpaired) electrons. The molecule has 2 aromatic carbocycles. The Morgan fingerprint density at radius 3 is 2.88 bits per heavy atom. The fraction of sp³-hybridized carbons (Fsp3) is 0.278. The Kier molecular flexibility index (Phi) is 4.06. The second kappa shape index (κ2) is 6.10. The predicted molar refractivity (Wildman–Crippen MR) is 99.4 cm³/mol. The van der Waals surface area contributed by atoms with Crippen molar-refractivity contribution in [1.29, 1.82) is 0 Å². The lowest BCUT2D eigenvalue weighted by molar-refractivity contribution is -0.124. The largest absolute Gasteiger partial charge is 0.480 e. The summed E-state index contributed by atoms with van der Waals surface area (Å²) in [5.41, 5.74) is 3.22. The molecule has 4 nitrogen and oxygen atoms in total. The van der Waals surface area contributed by atoms with Crippen molar-refractivity contribution in [3.63, 3.8) is 0 Å². The average Bonchev–Trinajstić information content (AvgIpc) is 3.13. The normalized spacial score (nSPS) is 21.4. The van der Waals surface area contributed by atoms with Crippen LogP contribution >= 0.6 is 27.9 Å². The molecule has 0 aliphatic carbocycles. The van der Waals surface area contributed by atoms with Crippen molar-refractivity contribution in [2.75, 3.05) is 4.90 Å². The first kappa shape index (κ1) is 16.0. The van der Waals surface area contributed by atoms with Gasteiger partial charge in [0.05, 0.1) is 0 Å². The number of fused-ring (bicyclic) bond motifs is 2. The van der Waals surface area contributed by atoms with Crippen molar-refractivity contribution in [3.05, 3.63) is 52.0 Å². The molecular formula is C18H17BrN2O2S. The van der Waals surface area contributed by atoms with Gasteiger partial charge in [-0.3, -0.25) is 9.93 Å². The molecule has 24 heavy (non-hydrogen) atoms. The molecule has 0 saturated carbocycles. The third-order valence-corrected chi connectivity index (χ3v) is 5.64. The number of amides is 1. The summed E-state index contributed by atoms with van der Waals surface area (Å²) in [5.74, 6) is 0.822. The lowest BCUT2D eigenvalue weighted by Crippen LogP contribution is -2.44. The molecule has 2 aliphatic heterocycles. The number of benzene rings is 2. The van der Waals surface area contributed by atoms with Gasteiger partial charge in [0.25, 0.3) is 5.91 Å². The maximum atomic E-state index is 13.1. The zero-order chi connectivity index (χ0) is 16.8. The van der Waals surface area contributed by atoms with Gasteiger partial charge in [-0.05, 0) is 66.8 Å². The van der Waals surface area contributed by atoms with E-state index in [1.807, 2.05) is 35.2 Å². The van der Waals surface area contributed by atoms with Gasteiger partial charge in [-0.15, -0.1) is 0 Å². The predicted octanol–water partition coefficient (Wildman–Crippen LogP) is 3.70.